The third-order valence-corrected chi connectivity index (χ3v) is 6.98. The summed E-state index contributed by atoms with van der Waals surface area (Å²) in [5, 5.41) is 10.9. The highest BCUT2D eigenvalue weighted by Crippen LogP contribution is 2.45. The Balaban J connectivity index is 1.61. The molecule has 0 amide bonds. The number of aliphatic hydroxyl groups is 1. The predicted molar refractivity (Wildman–Crippen MR) is 136 cm³/mol. The summed E-state index contributed by atoms with van der Waals surface area (Å²) < 4.78 is 86.1. The SMILES string of the molecule is COc1cc(C(=O)CCC(O)(c2ccc(OC)c(-c3ccc(F)c(C)c3)n2)C(F)(F)F)ccc1OC1(CF)CC1. The first kappa shape index (κ1) is 29.3. The first-order valence-corrected chi connectivity index (χ1v) is 12.4. The number of methoxy groups -OCH3 is 2. The fourth-order valence-corrected chi connectivity index (χ4v) is 4.26. The standard InChI is InChI=1S/C29H28F5NO5/c1-17-14-19(4-6-20(17)31)26-23(38-2)8-9-25(35-26)28(37,29(32,33)34)11-10-21(36)18-5-7-22(24(15-18)39-3)40-27(16-30)12-13-27/h4-9,14-15,37H,10-13,16H2,1-3H3. The Bertz CT molecular complexity index is 1410. The van der Waals surface area contributed by atoms with E-state index in [1.54, 1.807) is 0 Å². The Kier molecular flexibility index (Phi) is 8.07. The second-order valence-corrected chi connectivity index (χ2v) is 9.78. The number of halogens is 5. The van der Waals surface area contributed by atoms with Gasteiger partial charge >= 0.3 is 6.18 Å². The fraction of sp³-hybridized carbons (Fsp3) is 0.379. The van der Waals surface area contributed by atoms with Crippen LogP contribution >= 0.6 is 0 Å². The Morgan fingerprint density at radius 1 is 1.00 bits per heavy atom. The van der Waals surface area contributed by atoms with Crippen LogP contribution in [0.15, 0.2) is 48.5 Å². The summed E-state index contributed by atoms with van der Waals surface area (Å²) >= 11 is 0. The first-order chi connectivity index (χ1) is 18.9. The Labute approximate surface area is 227 Å². The predicted octanol–water partition coefficient (Wildman–Crippen LogP) is 6.51. The van der Waals surface area contributed by atoms with Crippen molar-refractivity contribution in [1.29, 1.82) is 0 Å². The molecule has 4 rings (SSSR count). The van der Waals surface area contributed by atoms with E-state index < -0.39 is 54.2 Å². The summed E-state index contributed by atoms with van der Waals surface area (Å²) in [6.45, 7) is 0.806. The molecular weight excluding hydrogens is 537 g/mol. The van der Waals surface area contributed by atoms with Gasteiger partial charge < -0.3 is 19.3 Å². The lowest BCUT2D eigenvalue weighted by Crippen LogP contribution is -2.43. The monoisotopic (exact) mass is 565 g/mol. The molecule has 0 aliphatic heterocycles. The summed E-state index contributed by atoms with van der Waals surface area (Å²) in [4.78, 5) is 17.0. The van der Waals surface area contributed by atoms with E-state index in [0.29, 0.717) is 12.8 Å². The van der Waals surface area contributed by atoms with Crippen molar-refractivity contribution in [3.8, 4) is 28.5 Å². The summed E-state index contributed by atoms with van der Waals surface area (Å²) in [7, 11) is 2.63. The summed E-state index contributed by atoms with van der Waals surface area (Å²) in [6, 6.07) is 10.2. The van der Waals surface area contributed by atoms with Crippen LogP contribution in [0.4, 0.5) is 22.0 Å². The van der Waals surface area contributed by atoms with Gasteiger partial charge in [0.2, 0.25) is 5.60 Å². The Morgan fingerprint density at radius 2 is 1.68 bits per heavy atom. The zero-order valence-corrected chi connectivity index (χ0v) is 22.1. The maximum Gasteiger partial charge on any atom is 0.422 e. The number of alkyl halides is 4. The minimum absolute atomic E-state index is 0.0286. The second kappa shape index (κ2) is 11.0. The number of benzene rings is 2. The van der Waals surface area contributed by atoms with Crippen molar-refractivity contribution in [3.63, 3.8) is 0 Å². The maximum atomic E-state index is 14.3. The van der Waals surface area contributed by atoms with Crippen LogP contribution in [0.3, 0.4) is 0 Å². The normalized spacial score (nSPS) is 15.7. The molecule has 214 valence electrons. The van der Waals surface area contributed by atoms with Crippen LogP contribution < -0.4 is 14.2 Å². The smallest absolute Gasteiger partial charge is 0.422 e. The minimum Gasteiger partial charge on any atom is -0.494 e. The molecular formula is C29H28F5NO5. The summed E-state index contributed by atoms with van der Waals surface area (Å²) in [5.41, 5.74) is -4.61. The van der Waals surface area contributed by atoms with Gasteiger partial charge in [-0.15, -0.1) is 0 Å². The lowest BCUT2D eigenvalue weighted by atomic mass is 9.89. The van der Waals surface area contributed by atoms with E-state index in [9.17, 15) is 31.9 Å². The van der Waals surface area contributed by atoms with Crippen molar-refractivity contribution in [2.75, 3.05) is 20.9 Å². The van der Waals surface area contributed by atoms with Crippen molar-refractivity contribution in [3.05, 3.63) is 71.2 Å². The number of rotatable bonds is 11. The number of ether oxygens (including phenoxy) is 3. The zero-order chi connectivity index (χ0) is 29.3. The molecule has 0 spiro atoms. The van der Waals surface area contributed by atoms with E-state index in [-0.39, 0.29) is 39.6 Å². The Hall–Kier alpha value is -3.73. The zero-order valence-electron chi connectivity index (χ0n) is 22.1. The minimum atomic E-state index is -5.19. The first-order valence-electron chi connectivity index (χ1n) is 12.4. The van der Waals surface area contributed by atoms with Crippen LogP contribution in [-0.2, 0) is 5.60 Å². The van der Waals surface area contributed by atoms with E-state index >= 15 is 0 Å². The molecule has 0 saturated heterocycles. The average Bonchev–Trinajstić information content (AvgIpc) is 3.72. The van der Waals surface area contributed by atoms with E-state index in [2.05, 4.69) is 4.98 Å². The highest BCUT2D eigenvalue weighted by atomic mass is 19.4. The number of carbonyl (C=O) groups is 1. The van der Waals surface area contributed by atoms with Crippen LogP contribution in [-0.4, -0.2) is 48.5 Å². The van der Waals surface area contributed by atoms with Gasteiger partial charge in [0.15, 0.2) is 17.3 Å². The molecule has 0 bridgehead atoms. The number of ketones is 1. The lowest BCUT2D eigenvalue weighted by Gasteiger charge is -2.30. The highest BCUT2D eigenvalue weighted by Gasteiger charge is 2.56. The number of aryl methyl sites for hydroxylation is 1. The van der Waals surface area contributed by atoms with E-state index in [0.717, 1.165) is 12.1 Å². The van der Waals surface area contributed by atoms with Crippen molar-refractivity contribution in [1.82, 2.24) is 4.98 Å². The molecule has 1 aromatic heterocycles. The molecule has 1 saturated carbocycles. The molecule has 1 aliphatic rings. The summed E-state index contributed by atoms with van der Waals surface area (Å²) in [6.07, 6.45) is -5.84. The van der Waals surface area contributed by atoms with Crippen molar-refractivity contribution < 1.29 is 46.1 Å². The number of Topliss-reactive ketones (excluding diaryl/α,β-unsaturated/α-hetero) is 1. The highest BCUT2D eigenvalue weighted by molar-refractivity contribution is 5.96. The van der Waals surface area contributed by atoms with Crippen molar-refractivity contribution >= 4 is 5.78 Å². The number of hydrogen-bond acceptors (Lipinski definition) is 6. The van der Waals surface area contributed by atoms with Gasteiger partial charge in [0.1, 0.15) is 29.5 Å². The second-order valence-electron chi connectivity index (χ2n) is 9.78. The molecule has 0 radical (unpaired) electrons. The number of pyridine rings is 1. The van der Waals surface area contributed by atoms with Crippen LogP contribution in [0, 0.1) is 12.7 Å². The summed E-state index contributed by atoms with van der Waals surface area (Å²) in [5.74, 6) is -0.734. The van der Waals surface area contributed by atoms with Crippen LogP contribution in [0.2, 0.25) is 0 Å². The number of nitrogens with zero attached hydrogens (tertiary/aromatic N) is 1. The molecule has 11 heteroatoms. The third-order valence-electron chi connectivity index (χ3n) is 6.98. The van der Waals surface area contributed by atoms with Crippen LogP contribution in [0.1, 0.15) is 47.3 Å². The largest absolute Gasteiger partial charge is 0.494 e. The van der Waals surface area contributed by atoms with E-state index in [1.165, 1.54) is 57.5 Å². The van der Waals surface area contributed by atoms with Crippen molar-refractivity contribution in [2.24, 2.45) is 0 Å². The molecule has 2 aromatic carbocycles. The molecule has 3 aromatic rings. The molecule has 1 fully saturated rings. The molecule has 6 nitrogen and oxygen atoms in total. The van der Waals surface area contributed by atoms with Gasteiger partial charge in [0.25, 0.3) is 0 Å². The molecule has 1 aliphatic carbocycles. The van der Waals surface area contributed by atoms with Gasteiger partial charge in [-0.2, -0.15) is 13.2 Å². The molecule has 1 N–H and O–H groups in total. The van der Waals surface area contributed by atoms with E-state index in [4.69, 9.17) is 14.2 Å². The number of hydrogen-bond donors (Lipinski definition) is 1. The lowest BCUT2D eigenvalue weighted by molar-refractivity contribution is -0.270. The van der Waals surface area contributed by atoms with Gasteiger partial charge in [0, 0.05) is 17.5 Å². The van der Waals surface area contributed by atoms with Gasteiger partial charge in [-0.05, 0) is 80.3 Å². The topological polar surface area (TPSA) is 77.9 Å². The quantitative estimate of drug-likeness (QED) is 0.211. The van der Waals surface area contributed by atoms with Crippen LogP contribution in [0.25, 0.3) is 11.3 Å². The molecule has 1 heterocycles. The van der Waals surface area contributed by atoms with E-state index in [1.807, 2.05) is 0 Å². The van der Waals surface area contributed by atoms with Gasteiger partial charge in [-0.3, -0.25) is 4.79 Å². The molecule has 1 unspecified atom stereocenters. The third kappa shape index (κ3) is 5.74. The maximum absolute atomic E-state index is 14.3. The molecule has 1 atom stereocenters. The Morgan fingerprint density at radius 3 is 2.25 bits per heavy atom. The number of aromatic nitrogens is 1. The van der Waals surface area contributed by atoms with Gasteiger partial charge in [-0.25, -0.2) is 13.8 Å². The van der Waals surface area contributed by atoms with Gasteiger partial charge in [0.05, 0.1) is 19.9 Å². The van der Waals surface area contributed by atoms with Gasteiger partial charge in [-0.1, -0.05) is 0 Å². The fourth-order valence-electron chi connectivity index (χ4n) is 4.26. The number of carbonyl (C=O) groups excluding carboxylic acids is 1. The van der Waals surface area contributed by atoms with Crippen LogP contribution in [0.5, 0.6) is 17.2 Å². The van der Waals surface area contributed by atoms with Crippen molar-refractivity contribution in [2.45, 2.75) is 50.0 Å². The average molecular weight is 566 g/mol. The molecule has 40 heavy (non-hydrogen) atoms.